The molecule has 2 aliphatic rings. The van der Waals surface area contributed by atoms with Crippen LogP contribution in [-0.4, -0.2) is 73.9 Å². The molecule has 0 saturated carbocycles. The number of amides is 2. The summed E-state index contributed by atoms with van der Waals surface area (Å²) < 4.78 is 34.0. The molecule has 1 aromatic carbocycles. The molecule has 11 nitrogen and oxygen atoms in total. The Labute approximate surface area is 232 Å². The lowest BCUT2D eigenvalue weighted by Gasteiger charge is -2.34. The first-order valence-electron chi connectivity index (χ1n) is 12.8. The molecule has 3 aromatic heterocycles. The van der Waals surface area contributed by atoms with Crippen LogP contribution in [0.4, 0.5) is 14.5 Å². The predicted molar refractivity (Wildman–Crippen MR) is 141 cm³/mol. The van der Waals surface area contributed by atoms with E-state index in [0.717, 1.165) is 19.5 Å². The van der Waals surface area contributed by atoms with Gasteiger partial charge in [0, 0.05) is 42.3 Å². The molecule has 2 atom stereocenters. The Bertz CT molecular complexity index is 1570. The summed E-state index contributed by atoms with van der Waals surface area (Å²) >= 11 is 6.19. The molecule has 0 radical (unpaired) electrons. The number of halogens is 3. The van der Waals surface area contributed by atoms with Gasteiger partial charge in [0.05, 0.1) is 11.9 Å². The van der Waals surface area contributed by atoms with E-state index in [-0.39, 0.29) is 45.7 Å². The lowest BCUT2D eigenvalue weighted by molar-refractivity contribution is -0.134. The van der Waals surface area contributed by atoms with E-state index in [2.05, 4.69) is 25.8 Å². The minimum atomic E-state index is -3.10. The van der Waals surface area contributed by atoms with E-state index in [0.29, 0.717) is 30.6 Å². The Morgan fingerprint density at radius 1 is 1.25 bits per heavy atom. The maximum atomic E-state index is 13.3. The average Bonchev–Trinajstić information content (AvgIpc) is 3.67. The number of rotatable bonds is 7. The predicted octanol–water partition coefficient (Wildman–Crippen LogP) is 3.17. The van der Waals surface area contributed by atoms with Gasteiger partial charge in [-0.15, -0.1) is 0 Å². The zero-order valence-electron chi connectivity index (χ0n) is 21.1. The van der Waals surface area contributed by atoms with E-state index in [4.69, 9.17) is 16.3 Å². The van der Waals surface area contributed by atoms with Crippen LogP contribution in [0.1, 0.15) is 16.8 Å². The van der Waals surface area contributed by atoms with Gasteiger partial charge in [-0.1, -0.05) is 11.6 Å². The van der Waals surface area contributed by atoms with Crippen molar-refractivity contribution in [1.29, 1.82) is 0 Å². The molecule has 2 amide bonds. The minimum absolute atomic E-state index is 0.0996. The number of nitrogens with one attached hydrogen (secondary N) is 2. The molecule has 5 heterocycles. The topological polar surface area (TPSA) is 119 Å². The largest absolute Gasteiger partial charge is 0.434 e. The second-order valence-corrected chi connectivity index (χ2v) is 10.3. The second kappa shape index (κ2) is 10.8. The zero-order valence-corrected chi connectivity index (χ0v) is 21.9. The summed E-state index contributed by atoms with van der Waals surface area (Å²) in [6.07, 6.45) is 6.98. The highest BCUT2D eigenvalue weighted by Crippen LogP contribution is 2.37. The molecule has 2 N–H and O–H groups in total. The number of hydrogen-bond acceptors (Lipinski definition) is 7. The molecule has 2 fully saturated rings. The highest BCUT2D eigenvalue weighted by atomic mass is 35.5. The van der Waals surface area contributed by atoms with E-state index >= 15 is 0 Å². The maximum Gasteiger partial charge on any atom is 0.387 e. The van der Waals surface area contributed by atoms with Gasteiger partial charge in [0.25, 0.3) is 5.91 Å². The summed E-state index contributed by atoms with van der Waals surface area (Å²) in [5.41, 5.74) is 0.942. The second-order valence-electron chi connectivity index (χ2n) is 9.82. The molecule has 2 saturated heterocycles. The third-order valence-corrected chi connectivity index (χ3v) is 7.54. The molecule has 4 aromatic rings. The number of alkyl halides is 2. The quantitative estimate of drug-likeness (QED) is 0.350. The SMILES string of the molecule is O=C(Nc1cn(CC(=O)N2CC[C@H]3CNC[C@H]3C2)nc1-c1cc(Cl)ccc1OC(F)F)c1cnn2cccnc12. The van der Waals surface area contributed by atoms with E-state index in [1.807, 2.05) is 4.90 Å². The van der Waals surface area contributed by atoms with Crippen LogP contribution >= 0.6 is 11.6 Å². The standard InChI is InChI=1S/C26H25ClF2N8O3/c27-17-2-3-21(40-26(28)29)18(8-17)23-20(33-25(39)19-11-32-37-6-1-5-31-24(19)37)13-36(34-23)14-22(38)35-7-4-15-9-30-10-16(15)12-35/h1-3,5-6,8,11,13,15-16,26,30H,4,7,9-10,12,14H2,(H,33,39)/t15-,16-/m0/s1. The maximum absolute atomic E-state index is 13.3. The van der Waals surface area contributed by atoms with Gasteiger partial charge < -0.3 is 20.3 Å². The van der Waals surface area contributed by atoms with Crippen molar-refractivity contribution in [2.24, 2.45) is 11.8 Å². The molecule has 0 bridgehead atoms. The average molecular weight is 571 g/mol. The molecule has 2 aliphatic heterocycles. The van der Waals surface area contributed by atoms with E-state index in [9.17, 15) is 18.4 Å². The molecular weight excluding hydrogens is 546 g/mol. The van der Waals surface area contributed by atoms with Crippen molar-refractivity contribution in [3.8, 4) is 17.0 Å². The lowest BCUT2D eigenvalue weighted by atomic mass is 9.89. The number of benzene rings is 1. The van der Waals surface area contributed by atoms with Crippen LogP contribution in [0.15, 0.2) is 49.1 Å². The van der Waals surface area contributed by atoms with Gasteiger partial charge >= 0.3 is 6.61 Å². The highest BCUT2D eigenvalue weighted by molar-refractivity contribution is 6.31. The van der Waals surface area contributed by atoms with Gasteiger partial charge in [-0.3, -0.25) is 14.3 Å². The highest BCUT2D eigenvalue weighted by Gasteiger charge is 2.34. The minimum Gasteiger partial charge on any atom is -0.434 e. The van der Waals surface area contributed by atoms with Crippen molar-refractivity contribution in [2.45, 2.75) is 19.6 Å². The van der Waals surface area contributed by atoms with Crippen molar-refractivity contribution in [1.82, 2.24) is 34.6 Å². The van der Waals surface area contributed by atoms with Crippen LogP contribution in [-0.2, 0) is 11.3 Å². The molecule has 0 unspecified atom stereocenters. The monoisotopic (exact) mass is 570 g/mol. The third-order valence-electron chi connectivity index (χ3n) is 7.30. The van der Waals surface area contributed by atoms with Crippen LogP contribution in [0.2, 0.25) is 5.02 Å². The van der Waals surface area contributed by atoms with Gasteiger partial charge in [-0.25, -0.2) is 9.50 Å². The molecule has 0 aliphatic carbocycles. The zero-order chi connectivity index (χ0) is 27.8. The Kier molecular flexibility index (Phi) is 7.07. The number of piperidine rings is 1. The molecule has 6 rings (SSSR count). The van der Waals surface area contributed by atoms with Crippen molar-refractivity contribution < 1.29 is 23.1 Å². The number of ether oxygens (including phenoxy) is 1. The van der Waals surface area contributed by atoms with E-state index in [1.165, 1.54) is 46.0 Å². The van der Waals surface area contributed by atoms with E-state index < -0.39 is 12.5 Å². The summed E-state index contributed by atoms with van der Waals surface area (Å²) in [5.74, 6) is 0.141. The van der Waals surface area contributed by atoms with Gasteiger partial charge in [0.15, 0.2) is 5.65 Å². The van der Waals surface area contributed by atoms with E-state index in [1.54, 1.807) is 12.3 Å². The fraction of sp³-hybridized carbons (Fsp3) is 0.346. The summed E-state index contributed by atoms with van der Waals surface area (Å²) in [5, 5.41) is 15.1. The normalized spacial score (nSPS) is 18.8. The van der Waals surface area contributed by atoms with Crippen LogP contribution in [0.5, 0.6) is 5.75 Å². The Hall–Kier alpha value is -4.10. The fourth-order valence-electron chi connectivity index (χ4n) is 5.36. The summed E-state index contributed by atoms with van der Waals surface area (Å²) in [6, 6.07) is 5.80. The fourth-order valence-corrected chi connectivity index (χ4v) is 5.53. The first-order valence-corrected chi connectivity index (χ1v) is 13.1. The Morgan fingerprint density at radius 2 is 2.10 bits per heavy atom. The number of nitrogens with zero attached hydrogens (tertiary/aromatic N) is 6. The van der Waals surface area contributed by atoms with Crippen molar-refractivity contribution in [3.63, 3.8) is 0 Å². The number of anilines is 1. The summed E-state index contributed by atoms with van der Waals surface area (Å²) in [4.78, 5) is 32.5. The number of fused-ring (bicyclic) bond motifs is 2. The van der Waals surface area contributed by atoms with Gasteiger partial charge in [-0.05, 0) is 55.6 Å². The van der Waals surface area contributed by atoms with Gasteiger partial charge in [0.1, 0.15) is 23.6 Å². The number of carbonyl (C=O) groups is 2. The Morgan fingerprint density at radius 3 is 2.95 bits per heavy atom. The smallest absolute Gasteiger partial charge is 0.387 e. The molecule has 208 valence electrons. The van der Waals surface area contributed by atoms with Crippen LogP contribution in [0, 0.1) is 11.8 Å². The molecule has 0 spiro atoms. The number of likely N-dealkylation sites (tertiary alicyclic amines) is 1. The van der Waals surface area contributed by atoms with Crippen molar-refractivity contribution >= 4 is 34.7 Å². The van der Waals surface area contributed by atoms with Gasteiger partial charge in [0.2, 0.25) is 5.91 Å². The van der Waals surface area contributed by atoms with Crippen LogP contribution < -0.4 is 15.4 Å². The molecular formula is C26H25ClF2N8O3. The molecule has 40 heavy (non-hydrogen) atoms. The number of aromatic nitrogens is 5. The first-order chi connectivity index (χ1) is 19.4. The lowest BCUT2D eigenvalue weighted by Crippen LogP contribution is -2.44. The van der Waals surface area contributed by atoms with Gasteiger partial charge in [-0.2, -0.15) is 19.0 Å². The van der Waals surface area contributed by atoms with Crippen molar-refractivity contribution in [3.05, 3.63) is 59.6 Å². The van der Waals surface area contributed by atoms with Crippen molar-refractivity contribution in [2.75, 3.05) is 31.5 Å². The summed E-state index contributed by atoms with van der Waals surface area (Å²) in [7, 11) is 0. The first kappa shape index (κ1) is 26.1. The third kappa shape index (κ3) is 5.21. The Balaban J connectivity index is 1.32. The number of hydrogen-bond donors (Lipinski definition) is 2. The van der Waals surface area contributed by atoms with Crippen LogP contribution in [0.25, 0.3) is 16.9 Å². The molecule has 14 heteroatoms. The van der Waals surface area contributed by atoms with Crippen LogP contribution in [0.3, 0.4) is 0 Å². The number of carbonyl (C=O) groups excluding carboxylic acids is 2. The summed E-state index contributed by atoms with van der Waals surface area (Å²) in [6.45, 7) is -0.0186.